The summed E-state index contributed by atoms with van der Waals surface area (Å²) in [5.74, 6) is 0. The van der Waals surface area contributed by atoms with Crippen molar-refractivity contribution in [2.45, 2.75) is 19.4 Å². The van der Waals surface area contributed by atoms with Crippen LogP contribution in [0.4, 0.5) is 0 Å². The molecule has 2 heterocycles. The Labute approximate surface area is 100 Å². The lowest BCUT2D eigenvalue weighted by Crippen LogP contribution is -2.24. The maximum Gasteiger partial charge on any atom is 0.0846 e. The van der Waals surface area contributed by atoms with E-state index in [1.807, 2.05) is 13.2 Å². The van der Waals surface area contributed by atoms with Crippen LogP contribution in [0.3, 0.4) is 0 Å². The molecular formula is C11H16N6. The topological polar surface area (TPSA) is 68.5 Å². The van der Waals surface area contributed by atoms with Gasteiger partial charge >= 0.3 is 0 Å². The second-order valence-corrected chi connectivity index (χ2v) is 3.83. The molecule has 2 aromatic heterocycles. The maximum atomic E-state index is 4.32. The molecule has 17 heavy (non-hydrogen) atoms. The minimum atomic E-state index is 0.130. The molecule has 0 aliphatic rings. The van der Waals surface area contributed by atoms with E-state index in [1.165, 1.54) is 0 Å². The zero-order valence-electron chi connectivity index (χ0n) is 10.0. The van der Waals surface area contributed by atoms with Crippen LogP contribution in [0.1, 0.15) is 24.4 Å². The Morgan fingerprint density at radius 2 is 2.29 bits per heavy atom. The second-order valence-electron chi connectivity index (χ2n) is 3.83. The maximum absolute atomic E-state index is 4.32. The number of rotatable bonds is 5. The van der Waals surface area contributed by atoms with Gasteiger partial charge in [-0.25, -0.2) is 0 Å². The number of nitrogens with one attached hydrogen (secondary N) is 1. The Kier molecular flexibility index (Phi) is 3.77. The van der Waals surface area contributed by atoms with Gasteiger partial charge in [0.15, 0.2) is 0 Å². The van der Waals surface area contributed by atoms with E-state index in [0.29, 0.717) is 0 Å². The van der Waals surface area contributed by atoms with Gasteiger partial charge in [-0.2, -0.15) is 0 Å². The van der Waals surface area contributed by atoms with Crippen molar-refractivity contribution in [1.29, 1.82) is 0 Å². The summed E-state index contributed by atoms with van der Waals surface area (Å²) < 4.78 is 1.70. The molecular weight excluding hydrogens is 216 g/mol. The van der Waals surface area contributed by atoms with Crippen molar-refractivity contribution in [1.82, 2.24) is 30.3 Å². The predicted molar refractivity (Wildman–Crippen MR) is 63.2 cm³/mol. The van der Waals surface area contributed by atoms with Crippen LogP contribution in [-0.2, 0) is 13.5 Å². The minimum absolute atomic E-state index is 0.130. The van der Waals surface area contributed by atoms with E-state index in [2.05, 4.69) is 32.5 Å². The Morgan fingerprint density at radius 3 is 2.88 bits per heavy atom. The highest BCUT2D eigenvalue weighted by molar-refractivity contribution is 5.07. The molecule has 0 saturated heterocycles. The van der Waals surface area contributed by atoms with E-state index in [0.717, 1.165) is 24.4 Å². The largest absolute Gasteiger partial charge is 0.309 e. The number of aryl methyl sites for hydroxylation is 1. The third kappa shape index (κ3) is 3.07. The minimum Gasteiger partial charge on any atom is -0.309 e. The van der Waals surface area contributed by atoms with E-state index >= 15 is 0 Å². The van der Waals surface area contributed by atoms with Crippen molar-refractivity contribution in [3.8, 4) is 0 Å². The number of hydrogen-bond acceptors (Lipinski definition) is 5. The fourth-order valence-corrected chi connectivity index (χ4v) is 1.72. The third-order valence-electron chi connectivity index (χ3n) is 2.45. The molecule has 6 nitrogen and oxygen atoms in total. The highest BCUT2D eigenvalue weighted by Crippen LogP contribution is 2.13. The standard InChI is InChI=1S/C11H16N6/c1-3-13-10(11-7-12-4-5-14-11)6-9-8-17(2)16-15-9/h4-5,7-8,10,13H,3,6H2,1-2H3. The van der Waals surface area contributed by atoms with Crippen molar-refractivity contribution in [3.63, 3.8) is 0 Å². The summed E-state index contributed by atoms with van der Waals surface area (Å²) in [6.07, 6.45) is 7.84. The Morgan fingerprint density at radius 1 is 1.41 bits per heavy atom. The van der Waals surface area contributed by atoms with Crippen molar-refractivity contribution in [3.05, 3.63) is 36.2 Å². The summed E-state index contributed by atoms with van der Waals surface area (Å²) in [6.45, 7) is 2.95. The van der Waals surface area contributed by atoms with Gasteiger partial charge in [-0.1, -0.05) is 12.1 Å². The van der Waals surface area contributed by atoms with Gasteiger partial charge in [0.05, 0.1) is 17.4 Å². The van der Waals surface area contributed by atoms with Crippen LogP contribution in [0.15, 0.2) is 24.8 Å². The number of aromatic nitrogens is 5. The van der Waals surface area contributed by atoms with Crippen molar-refractivity contribution < 1.29 is 0 Å². The van der Waals surface area contributed by atoms with Crippen LogP contribution in [0.2, 0.25) is 0 Å². The van der Waals surface area contributed by atoms with Crippen molar-refractivity contribution >= 4 is 0 Å². The monoisotopic (exact) mass is 232 g/mol. The summed E-state index contributed by atoms with van der Waals surface area (Å²) in [6, 6.07) is 0.130. The molecule has 6 heteroatoms. The van der Waals surface area contributed by atoms with Crippen LogP contribution in [0.5, 0.6) is 0 Å². The van der Waals surface area contributed by atoms with E-state index in [1.54, 1.807) is 23.3 Å². The Hall–Kier alpha value is -1.82. The number of likely N-dealkylation sites (N-methyl/N-ethyl adjacent to an activating group) is 1. The fourth-order valence-electron chi connectivity index (χ4n) is 1.72. The van der Waals surface area contributed by atoms with Gasteiger partial charge in [0.1, 0.15) is 0 Å². The summed E-state index contributed by atoms with van der Waals surface area (Å²) in [5, 5.41) is 11.4. The molecule has 1 unspecified atom stereocenters. The summed E-state index contributed by atoms with van der Waals surface area (Å²) >= 11 is 0. The van der Waals surface area contributed by atoms with Gasteiger partial charge < -0.3 is 5.32 Å². The predicted octanol–water partition coefficient (Wildman–Crippen LogP) is 0.498. The van der Waals surface area contributed by atoms with Crippen LogP contribution >= 0.6 is 0 Å². The molecule has 1 atom stereocenters. The molecule has 0 bridgehead atoms. The molecule has 0 aliphatic heterocycles. The van der Waals surface area contributed by atoms with Gasteiger partial charge in [-0.3, -0.25) is 14.6 Å². The summed E-state index contributed by atoms with van der Waals surface area (Å²) in [7, 11) is 1.86. The highest BCUT2D eigenvalue weighted by atomic mass is 15.4. The van der Waals surface area contributed by atoms with Crippen LogP contribution < -0.4 is 5.32 Å². The molecule has 2 aromatic rings. The summed E-state index contributed by atoms with van der Waals surface area (Å²) in [4.78, 5) is 8.41. The molecule has 0 aromatic carbocycles. The molecule has 0 saturated carbocycles. The van der Waals surface area contributed by atoms with Gasteiger partial charge in [-0.05, 0) is 6.54 Å². The fraction of sp³-hybridized carbons (Fsp3) is 0.455. The highest BCUT2D eigenvalue weighted by Gasteiger charge is 2.14. The zero-order chi connectivity index (χ0) is 12.1. The molecule has 2 rings (SSSR count). The van der Waals surface area contributed by atoms with Gasteiger partial charge in [-0.15, -0.1) is 5.10 Å². The lowest BCUT2D eigenvalue weighted by Gasteiger charge is -2.15. The van der Waals surface area contributed by atoms with Crippen molar-refractivity contribution in [2.24, 2.45) is 7.05 Å². The van der Waals surface area contributed by atoms with Crippen LogP contribution in [-0.4, -0.2) is 31.5 Å². The van der Waals surface area contributed by atoms with E-state index < -0.39 is 0 Å². The number of hydrogen-bond donors (Lipinski definition) is 1. The smallest absolute Gasteiger partial charge is 0.0846 e. The van der Waals surface area contributed by atoms with Crippen molar-refractivity contribution in [2.75, 3.05) is 6.54 Å². The average molecular weight is 232 g/mol. The lowest BCUT2D eigenvalue weighted by atomic mass is 10.1. The Bertz CT molecular complexity index is 452. The first-order valence-electron chi connectivity index (χ1n) is 5.64. The SMILES string of the molecule is CCNC(Cc1cn(C)nn1)c1cnccn1. The van der Waals surface area contributed by atoms with Gasteiger partial charge in [0.2, 0.25) is 0 Å². The summed E-state index contributed by atoms with van der Waals surface area (Å²) in [5.41, 5.74) is 1.88. The first-order valence-corrected chi connectivity index (χ1v) is 5.64. The molecule has 90 valence electrons. The van der Waals surface area contributed by atoms with E-state index in [4.69, 9.17) is 0 Å². The van der Waals surface area contributed by atoms with E-state index in [9.17, 15) is 0 Å². The molecule has 0 spiro atoms. The van der Waals surface area contributed by atoms with Crippen LogP contribution in [0.25, 0.3) is 0 Å². The quantitative estimate of drug-likeness (QED) is 0.813. The van der Waals surface area contributed by atoms with Gasteiger partial charge in [0, 0.05) is 38.3 Å². The lowest BCUT2D eigenvalue weighted by molar-refractivity contribution is 0.529. The first-order chi connectivity index (χ1) is 8.29. The van der Waals surface area contributed by atoms with Crippen LogP contribution in [0, 0.1) is 0 Å². The molecule has 0 radical (unpaired) electrons. The van der Waals surface area contributed by atoms with Gasteiger partial charge in [0.25, 0.3) is 0 Å². The molecule has 0 aliphatic carbocycles. The normalized spacial score (nSPS) is 12.6. The molecule has 0 fully saturated rings. The number of nitrogens with zero attached hydrogens (tertiary/aromatic N) is 5. The average Bonchev–Trinajstić information content (AvgIpc) is 2.75. The molecule has 0 amide bonds. The third-order valence-corrected chi connectivity index (χ3v) is 2.45. The van der Waals surface area contributed by atoms with E-state index in [-0.39, 0.29) is 6.04 Å². The second kappa shape index (κ2) is 5.49. The Balaban J connectivity index is 2.13. The molecule has 1 N–H and O–H groups in total. The zero-order valence-corrected chi connectivity index (χ0v) is 10.0. The first kappa shape index (κ1) is 11.7.